The fourth-order valence-electron chi connectivity index (χ4n) is 1.41. The monoisotopic (exact) mass is 263 g/mol. The van der Waals surface area contributed by atoms with Crippen LogP contribution < -0.4 is 5.32 Å². The number of methoxy groups -OCH3 is 1. The number of hydrogen-bond acceptors (Lipinski definition) is 6. The SMILES string of the molecule is COC(=O)c1ccc(NCCc2ccsc2)nn1. The van der Waals surface area contributed by atoms with Crippen LogP contribution in [0.4, 0.5) is 5.82 Å². The Morgan fingerprint density at radius 2 is 2.28 bits per heavy atom. The summed E-state index contributed by atoms with van der Waals surface area (Å²) < 4.78 is 4.55. The Balaban J connectivity index is 1.85. The van der Waals surface area contributed by atoms with Gasteiger partial charge >= 0.3 is 5.97 Å². The molecule has 0 aliphatic carbocycles. The Kier molecular flexibility index (Phi) is 4.25. The van der Waals surface area contributed by atoms with Gasteiger partial charge in [0.25, 0.3) is 0 Å². The van der Waals surface area contributed by atoms with Crippen molar-refractivity contribution in [1.82, 2.24) is 10.2 Å². The number of esters is 1. The molecule has 94 valence electrons. The van der Waals surface area contributed by atoms with Gasteiger partial charge in [0.1, 0.15) is 5.82 Å². The summed E-state index contributed by atoms with van der Waals surface area (Å²) in [5, 5.41) is 15.0. The molecule has 0 amide bonds. The van der Waals surface area contributed by atoms with E-state index in [1.165, 1.54) is 12.7 Å². The molecule has 0 atom stereocenters. The molecule has 0 aromatic carbocycles. The molecular weight excluding hydrogens is 250 g/mol. The molecular formula is C12H13N3O2S. The summed E-state index contributed by atoms with van der Waals surface area (Å²) in [6.45, 7) is 0.781. The molecule has 1 N–H and O–H groups in total. The largest absolute Gasteiger partial charge is 0.464 e. The maximum absolute atomic E-state index is 11.2. The van der Waals surface area contributed by atoms with Crippen molar-refractivity contribution in [3.05, 3.63) is 40.2 Å². The molecule has 0 unspecified atom stereocenters. The zero-order valence-corrected chi connectivity index (χ0v) is 10.7. The van der Waals surface area contributed by atoms with Gasteiger partial charge in [-0.25, -0.2) is 4.79 Å². The highest BCUT2D eigenvalue weighted by molar-refractivity contribution is 7.07. The summed E-state index contributed by atoms with van der Waals surface area (Å²) in [6.07, 6.45) is 0.934. The number of thiophene rings is 1. The van der Waals surface area contributed by atoms with Crippen LogP contribution in [0.15, 0.2) is 29.0 Å². The van der Waals surface area contributed by atoms with Gasteiger partial charge in [0.05, 0.1) is 7.11 Å². The summed E-state index contributed by atoms with van der Waals surface area (Å²) in [5.74, 6) is 0.171. The lowest BCUT2D eigenvalue weighted by atomic mass is 10.2. The van der Waals surface area contributed by atoms with Crippen LogP contribution in [0.5, 0.6) is 0 Å². The van der Waals surface area contributed by atoms with Crippen molar-refractivity contribution < 1.29 is 9.53 Å². The molecule has 6 heteroatoms. The Hall–Kier alpha value is -1.95. The third-order valence-corrected chi connectivity index (χ3v) is 3.09. The Labute approximate surface area is 109 Å². The molecule has 0 fully saturated rings. The van der Waals surface area contributed by atoms with E-state index in [4.69, 9.17) is 0 Å². The zero-order valence-electron chi connectivity index (χ0n) is 9.92. The number of carbonyl (C=O) groups is 1. The summed E-state index contributed by atoms with van der Waals surface area (Å²) in [7, 11) is 1.32. The van der Waals surface area contributed by atoms with Crippen LogP contribution in [0.1, 0.15) is 16.1 Å². The Morgan fingerprint density at radius 3 is 2.89 bits per heavy atom. The van der Waals surface area contributed by atoms with E-state index in [2.05, 4.69) is 37.1 Å². The summed E-state index contributed by atoms with van der Waals surface area (Å²) in [4.78, 5) is 11.2. The molecule has 0 saturated carbocycles. The lowest BCUT2D eigenvalue weighted by molar-refractivity contribution is 0.0593. The minimum absolute atomic E-state index is 0.209. The van der Waals surface area contributed by atoms with E-state index in [1.54, 1.807) is 23.5 Å². The van der Waals surface area contributed by atoms with E-state index in [0.29, 0.717) is 5.82 Å². The second-order valence-corrected chi connectivity index (χ2v) is 4.38. The topological polar surface area (TPSA) is 64.1 Å². The number of rotatable bonds is 5. The van der Waals surface area contributed by atoms with Crippen LogP contribution in [-0.4, -0.2) is 29.8 Å². The van der Waals surface area contributed by atoms with Crippen LogP contribution in [0.3, 0.4) is 0 Å². The van der Waals surface area contributed by atoms with Crippen molar-refractivity contribution in [3.63, 3.8) is 0 Å². The molecule has 0 spiro atoms. The second kappa shape index (κ2) is 6.11. The Bertz CT molecular complexity index is 497. The number of anilines is 1. The van der Waals surface area contributed by atoms with E-state index in [9.17, 15) is 4.79 Å². The second-order valence-electron chi connectivity index (χ2n) is 3.60. The van der Waals surface area contributed by atoms with Crippen LogP contribution >= 0.6 is 11.3 Å². The maximum atomic E-state index is 11.2. The van der Waals surface area contributed by atoms with Crippen molar-refractivity contribution in [1.29, 1.82) is 0 Å². The summed E-state index contributed by atoms with van der Waals surface area (Å²) in [5.41, 5.74) is 1.51. The average molecular weight is 263 g/mol. The first-order valence-electron chi connectivity index (χ1n) is 5.46. The third-order valence-electron chi connectivity index (χ3n) is 2.36. The fraction of sp³-hybridized carbons (Fsp3) is 0.250. The first-order valence-corrected chi connectivity index (χ1v) is 6.41. The smallest absolute Gasteiger partial charge is 0.358 e. The summed E-state index contributed by atoms with van der Waals surface area (Å²) in [6, 6.07) is 5.40. The van der Waals surface area contributed by atoms with Gasteiger partial charge in [0.2, 0.25) is 0 Å². The van der Waals surface area contributed by atoms with Gasteiger partial charge in [-0.15, -0.1) is 10.2 Å². The van der Waals surface area contributed by atoms with E-state index >= 15 is 0 Å². The van der Waals surface area contributed by atoms with Crippen molar-refractivity contribution in [2.24, 2.45) is 0 Å². The van der Waals surface area contributed by atoms with Crippen molar-refractivity contribution in [2.75, 3.05) is 19.0 Å². The van der Waals surface area contributed by atoms with Crippen LogP contribution in [-0.2, 0) is 11.2 Å². The molecule has 18 heavy (non-hydrogen) atoms. The molecule has 0 aliphatic heterocycles. The highest BCUT2D eigenvalue weighted by atomic mass is 32.1. The van der Waals surface area contributed by atoms with Crippen molar-refractivity contribution >= 4 is 23.1 Å². The third kappa shape index (κ3) is 3.27. The fourth-order valence-corrected chi connectivity index (χ4v) is 2.11. The van der Waals surface area contributed by atoms with Crippen molar-refractivity contribution in [2.45, 2.75) is 6.42 Å². The Morgan fingerprint density at radius 1 is 1.39 bits per heavy atom. The maximum Gasteiger partial charge on any atom is 0.358 e. The van der Waals surface area contributed by atoms with E-state index < -0.39 is 5.97 Å². The van der Waals surface area contributed by atoms with Gasteiger partial charge in [0, 0.05) is 6.54 Å². The van der Waals surface area contributed by atoms with Gasteiger partial charge in [0.15, 0.2) is 5.69 Å². The average Bonchev–Trinajstić information content (AvgIpc) is 2.92. The normalized spacial score (nSPS) is 10.1. The molecule has 2 aromatic heterocycles. The van der Waals surface area contributed by atoms with Crippen LogP contribution in [0.2, 0.25) is 0 Å². The standard InChI is InChI=1S/C12H13N3O2S/c1-17-12(16)10-2-3-11(15-14-10)13-6-4-9-5-7-18-8-9/h2-3,5,7-8H,4,6H2,1H3,(H,13,15). The predicted molar refractivity (Wildman–Crippen MR) is 69.9 cm³/mol. The molecule has 2 heterocycles. The predicted octanol–water partition coefficient (Wildman–Crippen LogP) is 1.98. The van der Waals surface area contributed by atoms with Crippen LogP contribution in [0, 0.1) is 0 Å². The highest BCUT2D eigenvalue weighted by Crippen LogP contribution is 2.07. The molecule has 0 saturated heterocycles. The minimum atomic E-state index is -0.479. The first kappa shape index (κ1) is 12.5. The number of nitrogens with zero attached hydrogens (tertiary/aromatic N) is 2. The molecule has 0 aliphatic rings. The number of ether oxygens (including phenoxy) is 1. The van der Waals surface area contributed by atoms with Crippen molar-refractivity contribution in [3.8, 4) is 0 Å². The molecule has 2 rings (SSSR count). The van der Waals surface area contributed by atoms with Gasteiger partial charge in [-0.05, 0) is 40.9 Å². The number of hydrogen-bond donors (Lipinski definition) is 1. The highest BCUT2D eigenvalue weighted by Gasteiger charge is 2.07. The molecule has 5 nitrogen and oxygen atoms in total. The van der Waals surface area contributed by atoms with E-state index in [0.717, 1.165) is 13.0 Å². The first-order chi connectivity index (χ1) is 8.79. The lowest BCUT2D eigenvalue weighted by Crippen LogP contribution is -2.09. The number of nitrogens with one attached hydrogen (secondary N) is 1. The zero-order chi connectivity index (χ0) is 12.8. The van der Waals surface area contributed by atoms with E-state index in [-0.39, 0.29) is 5.69 Å². The molecule has 2 aromatic rings. The molecule has 0 bridgehead atoms. The van der Waals surface area contributed by atoms with Gasteiger partial charge in [-0.2, -0.15) is 11.3 Å². The minimum Gasteiger partial charge on any atom is -0.464 e. The van der Waals surface area contributed by atoms with Crippen LogP contribution in [0.25, 0.3) is 0 Å². The summed E-state index contributed by atoms with van der Waals surface area (Å²) >= 11 is 1.69. The van der Waals surface area contributed by atoms with E-state index in [1.807, 2.05) is 0 Å². The van der Waals surface area contributed by atoms with Gasteiger partial charge in [-0.1, -0.05) is 0 Å². The lowest BCUT2D eigenvalue weighted by Gasteiger charge is -2.04. The van der Waals surface area contributed by atoms with Gasteiger partial charge in [-0.3, -0.25) is 0 Å². The number of aromatic nitrogens is 2. The molecule has 0 radical (unpaired) electrons. The quantitative estimate of drug-likeness (QED) is 0.836. The number of carbonyl (C=O) groups excluding carboxylic acids is 1. The van der Waals surface area contributed by atoms with Gasteiger partial charge < -0.3 is 10.1 Å².